The molecule has 0 aliphatic heterocycles. The third-order valence-electron chi connectivity index (χ3n) is 1.77. The van der Waals surface area contributed by atoms with E-state index < -0.39 is 18.0 Å². The summed E-state index contributed by atoms with van der Waals surface area (Å²) in [4.78, 5) is 21.7. The first-order chi connectivity index (χ1) is 7.24. The number of quaternary nitrogens is 1. The van der Waals surface area contributed by atoms with Gasteiger partial charge in [-0.05, 0) is 0 Å². The maximum atomic E-state index is 11.1. The molecule has 0 amide bonds. The SMILES string of the molecule is C[N+](C)(C)C[C@H](CC(=O)O)OC(=O)CCO. The number of aliphatic carboxylic acids is 1. The van der Waals surface area contributed by atoms with Crippen molar-refractivity contribution in [1.82, 2.24) is 0 Å². The van der Waals surface area contributed by atoms with Crippen molar-refractivity contribution in [2.24, 2.45) is 0 Å². The Bertz CT molecular complexity index is 246. The van der Waals surface area contributed by atoms with E-state index in [1.54, 1.807) is 0 Å². The average Bonchev–Trinajstić information content (AvgIpc) is 1.98. The lowest BCUT2D eigenvalue weighted by atomic mass is 10.2. The molecule has 0 aliphatic rings. The molecular weight excluding hydrogens is 214 g/mol. The van der Waals surface area contributed by atoms with E-state index in [4.69, 9.17) is 14.9 Å². The Morgan fingerprint density at radius 1 is 1.31 bits per heavy atom. The topological polar surface area (TPSA) is 83.8 Å². The van der Waals surface area contributed by atoms with E-state index in [-0.39, 0.29) is 19.4 Å². The number of aliphatic hydroxyl groups excluding tert-OH is 1. The number of ether oxygens (including phenoxy) is 1. The third-order valence-corrected chi connectivity index (χ3v) is 1.77. The number of carboxylic acids is 1. The quantitative estimate of drug-likeness (QED) is 0.456. The molecule has 0 radical (unpaired) electrons. The van der Waals surface area contributed by atoms with Gasteiger partial charge in [0, 0.05) is 0 Å². The molecule has 0 heterocycles. The highest BCUT2D eigenvalue weighted by Crippen LogP contribution is 2.06. The Balaban J connectivity index is 4.31. The highest BCUT2D eigenvalue weighted by Gasteiger charge is 2.24. The van der Waals surface area contributed by atoms with Gasteiger partial charge in [0.2, 0.25) is 0 Å². The van der Waals surface area contributed by atoms with Crippen LogP contribution < -0.4 is 0 Å². The van der Waals surface area contributed by atoms with Gasteiger partial charge in [0.05, 0.1) is 40.6 Å². The van der Waals surface area contributed by atoms with E-state index in [9.17, 15) is 9.59 Å². The van der Waals surface area contributed by atoms with E-state index in [0.29, 0.717) is 11.0 Å². The molecule has 0 aromatic carbocycles. The third kappa shape index (κ3) is 8.19. The summed E-state index contributed by atoms with van der Waals surface area (Å²) in [5, 5.41) is 17.2. The Kier molecular flexibility index (Phi) is 5.98. The molecule has 0 spiro atoms. The summed E-state index contributed by atoms with van der Waals surface area (Å²) in [7, 11) is 5.65. The van der Waals surface area contributed by atoms with Gasteiger partial charge in [0.25, 0.3) is 0 Å². The van der Waals surface area contributed by atoms with Crippen LogP contribution in [0.2, 0.25) is 0 Å². The van der Waals surface area contributed by atoms with Crippen LogP contribution in [-0.2, 0) is 14.3 Å². The average molecular weight is 234 g/mol. The lowest BCUT2D eigenvalue weighted by Crippen LogP contribution is -2.43. The van der Waals surface area contributed by atoms with Gasteiger partial charge in [-0.2, -0.15) is 0 Å². The monoisotopic (exact) mass is 234 g/mol. The fraction of sp³-hybridized carbons (Fsp3) is 0.800. The summed E-state index contributed by atoms with van der Waals surface area (Å²) in [6.45, 7) is 0.131. The summed E-state index contributed by atoms with van der Waals surface area (Å²) in [6.07, 6.45) is -0.975. The number of likely N-dealkylation sites (N-methyl/N-ethyl adjacent to an activating group) is 1. The smallest absolute Gasteiger partial charge is 0.308 e. The number of hydrogen-bond donors (Lipinski definition) is 2. The Morgan fingerprint density at radius 3 is 2.25 bits per heavy atom. The predicted octanol–water partition coefficient (Wildman–Crippen LogP) is -0.538. The molecule has 0 rings (SSSR count). The number of esters is 1. The van der Waals surface area contributed by atoms with Crippen LogP contribution in [0, 0.1) is 0 Å². The zero-order chi connectivity index (χ0) is 12.8. The van der Waals surface area contributed by atoms with Gasteiger partial charge in [-0.25, -0.2) is 0 Å². The van der Waals surface area contributed by atoms with Gasteiger partial charge in [0.1, 0.15) is 6.54 Å². The van der Waals surface area contributed by atoms with Crippen molar-refractivity contribution in [3.05, 3.63) is 0 Å². The fourth-order valence-corrected chi connectivity index (χ4v) is 1.29. The van der Waals surface area contributed by atoms with Crippen molar-refractivity contribution in [1.29, 1.82) is 0 Å². The lowest BCUT2D eigenvalue weighted by molar-refractivity contribution is -0.873. The first-order valence-electron chi connectivity index (χ1n) is 5.07. The van der Waals surface area contributed by atoms with E-state index in [0.717, 1.165) is 0 Å². The van der Waals surface area contributed by atoms with E-state index in [2.05, 4.69) is 0 Å². The molecule has 0 aliphatic carbocycles. The van der Waals surface area contributed by atoms with Crippen LogP contribution in [0.1, 0.15) is 12.8 Å². The Morgan fingerprint density at radius 2 is 1.88 bits per heavy atom. The van der Waals surface area contributed by atoms with Crippen LogP contribution in [0.4, 0.5) is 0 Å². The minimum Gasteiger partial charge on any atom is -0.481 e. The van der Waals surface area contributed by atoms with Crippen LogP contribution in [0.3, 0.4) is 0 Å². The predicted molar refractivity (Wildman–Crippen MR) is 56.7 cm³/mol. The maximum Gasteiger partial charge on any atom is 0.308 e. The Labute approximate surface area is 95.0 Å². The fourth-order valence-electron chi connectivity index (χ4n) is 1.29. The maximum absolute atomic E-state index is 11.1. The van der Waals surface area contributed by atoms with Crippen molar-refractivity contribution < 1.29 is 29.0 Å². The minimum absolute atomic E-state index is 0.104. The zero-order valence-electron chi connectivity index (χ0n) is 9.97. The second-order valence-corrected chi connectivity index (χ2v) is 4.66. The molecule has 2 N–H and O–H groups in total. The summed E-state index contributed by atoms with van der Waals surface area (Å²) in [5.41, 5.74) is 0. The molecule has 6 nitrogen and oxygen atoms in total. The molecule has 0 saturated carbocycles. The van der Waals surface area contributed by atoms with Gasteiger partial charge < -0.3 is 19.4 Å². The second-order valence-electron chi connectivity index (χ2n) is 4.66. The number of carboxylic acid groups (broad SMARTS) is 1. The van der Waals surface area contributed by atoms with Crippen LogP contribution in [0.15, 0.2) is 0 Å². The standard InChI is InChI=1S/C10H19NO5/c1-11(2,3)7-8(6-9(13)14)16-10(15)4-5-12/h8,12H,4-7H2,1-3H3/p+1/t8-/m0/s1. The number of rotatable bonds is 7. The Hall–Kier alpha value is -1.14. The number of carbonyl (C=O) groups is 2. The molecule has 6 heteroatoms. The van der Waals surface area contributed by atoms with Crippen molar-refractivity contribution in [3.63, 3.8) is 0 Å². The molecule has 1 atom stereocenters. The van der Waals surface area contributed by atoms with Crippen LogP contribution in [0.25, 0.3) is 0 Å². The van der Waals surface area contributed by atoms with Crippen molar-refractivity contribution in [2.75, 3.05) is 34.3 Å². The van der Waals surface area contributed by atoms with Gasteiger partial charge in [0.15, 0.2) is 6.10 Å². The van der Waals surface area contributed by atoms with Crippen LogP contribution in [0.5, 0.6) is 0 Å². The summed E-state index contributed by atoms with van der Waals surface area (Å²) < 4.78 is 5.49. The molecule has 16 heavy (non-hydrogen) atoms. The molecular formula is C10H20NO5+. The highest BCUT2D eigenvalue weighted by molar-refractivity contribution is 5.71. The molecule has 0 bridgehead atoms. The molecule has 0 aromatic rings. The molecule has 0 unspecified atom stereocenters. The van der Waals surface area contributed by atoms with E-state index in [1.165, 1.54) is 0 Å². The molecule has 0 saturated heterocycles. The highest BCUT2D eigenvalue weighted by atomic mass is 16.5. The van der Waals surface area contributed by atoms with Crippen molar-refractivity contribution >= 4 is 11.9 Å². The van der Waals surface area contributed by atoms with Gasteiger partial charge >= 0.3 is 11.9 Å². The second kappa shape index (κ2) is 6.44. The largest absolute Gasteiger partial charge is 0.481 e. The first-order valence-corrected chi connectivity index (χ1v) is 5.07. The number of nitrogens with zero attached hydrogens (tertiary/aromatic N) is 1. The van der Waals surface area contributed by atoms with E-state index >= 15 is 0 Å². The van der Waals surface area contributed by atoms with Gasteiger partial charge in [-0.3, -0.25) is 9.59 Å². The molecule has 0 fully saturated rings. The number of carbonyl (C=O) groups excluding carboxylic acids is 1. The zero-order valence-corrected chi connectivity index (χ0v) is 9.97. The summed E-state index contributed by atoms with van der Waals surface area (Å²) in [5.74, 6) is -1.57. The number of hydrogen-bond acceptors (Lipinski definition) is 4. The van der Waals surface area contributed by atoms with E-state index in [1.807, 2.05) is 21.1 Å². The first kappa shape index (κ1) is 14.9. The normalized spacial score (nSPS) is 13.2. The van der Waals surface area contributed by atoms with Crippen LogP contribution in [-0.4, -0.2) is 67.0 Å². The molecule has 94 valence electrons. The lowest BCUT2D eigenvalue weighted by Gasteiger charge is -2.28. The van der Waals surface area contributed by atoms with Gasteiger partial charge in [-0.15, -0.1) is 0 Å². The minimum atomic E-state index is -1.00. The summed E-state index contributed by atoms with van der Waals surface area (Å²) in [6, 6.07) is 0. The number of aliphatic hydroxyl groups is 1. The molecule has 0 aromatic heterocycles. The van der Waals surface area contributed by atoms with Crippen molar-refractivity contribution in [3.8, 4) is 0 Å². The van der Waals surface area contributed by atoms with Gasteiger partial charge in [-0.1, -0.05) is 0 Å². The van der Waals surface area contributed by atoms with Crippen molar-refractivity contribution in [2.45, 2.75) is 18.9 Å². The van der Waals surface area contributed by atoms with Crippen LogP contribution >= 0.6 is 0 Å². The summed E-state index contributed by atoms with van der Waals surface area (Å²) >= 11 is 0.